The maximum absolute atomic E-state index is 5.44. The topological polar surface area (TPSA) is 33.7 Å². The zero-order valence-electron chi connectivity index (χ0n) is 13.6. The first-order valence-electron chi connectivity index (χ1n) is 7.72. The molecule has 0 aliphatic carbocycles. The summed E-state index contributed by atoms with van der Waals surface area (Å²) in [6.07, 6.45) is 2.47. The van der Waals surface area contributed by atoms with Crippen LogP contribution >= 0.6 is 0 Å². The third-order valence-electron chi connectivity index (χ3n) is 4.48. The molecule has 0 spiro atoms. The average molecular weight is 292 g/mol. The molecule has 1 fully saturated rings. The van der Waals surface area contributed by atoms with E-state index in [1.807, 2.05) is 12.1 Å². The van der Waals surface area contributed by atoms with E-state index in [1.165, 1.54) is 5.56 Å². The van der Waals surface area contributed by atoms with Crippen LogP contribution in [-0.2, 0) is 11.2 Å². The lowest BCUT2D eigenvalue weighted by molar-refractivity contribution is 0.115. The zero-order valence-corrected chi connectivity index (χ0v) is 13.6. The van der Waals surface area contributed by atoms with E-state index in [9.17, 15) is 0 Å². The van der Waals surface area contributed by atoms with Crippen LogP contribution in [0.3, 0.4) is 0 Å². The second-order valence-electron chi connectivity index (χ2n) is 6.00. The molecule has 0 bridgehead atoms. The highest BCUT2D eigenvalue weighted by Crippen LogP contribution is 2.20. The van der Waals surface area contributed by atoms with Crippen LogP contribution in [0, 0.1) is 0 Å². The molecule has 4 nitrogen and oxygen atoms in total. The molecule has 0 radical (unpaired) electrons. The number of para-hydroxylation sites is 1. The highest BCUT2D eigenvalue weighted by atomic mass is 16.5. The Balaban J connectivity index is 1.86. The lowest BCUT2D eigenvalue weighted by Gasteiger charge is -2.28. The van der Waals surface area contributed by atoms with Gasteiger partial charge in [-0.25, -0.2) is 0 Å². The summed E-state index contributed by atoms with van der Waals surface area (Å²) >= 11 is 0. The summed E-state index contributed by atoms with van der Waals surface area (Å²) in [7, 11) is 5.73. The van der Waals surface area contributed by atoms with Crippen LogP contribution in [-0.4, -0.2) is 57.4 Å². The Bertz CT molecular complexity index is 439. The summed E-state index contributed by atoms with van der Waals surface area (Å²) in [5, 5.41) is 3.54. The third kappa shape index (κ3) is 4.43. The predicted octanol–water partition coefficient (Wildman–Crippen LogP) is 1.93. The summed E-state index contributed by atoms with van der Waals surface area (Å²) in [5.41, 5.74) is 1.27. The molecule has 0 saturated carbocycles. The number of hydrogen-bond donors (Lipinski definition) is 1. The van der Waals surface area contributed by atoms with Gasteiger partial charge in [0.15, 0.2) is 0 Å². The Morgan fingerprint density at radius 3 is 2.76 bits per heavy atom. The molecular weight excluding hydrogens is 264 g/mol. The van der Waals surface area contributed by atoms with Gasteiger partial charge in [-0.1, -0.05) is 18.2 Å². The molecule has 0 amide bonds. The lowest BCUT2D eigenvalue weighted by Crippen LogP contribution is -2.40. The molecule has 118 valence electrons. The smallest absolute Gasteiger partial charge is 0.122 e. The van der Waals surface area contributed by atoms with Crippen molar-refractivity contribution in [1.82, 2.24) is 10.2 Å². The molecule has 1 aromatic rings. The quantitative estimate of drug-likeness (QED) is 0.833. The third-order valence-corrected chi connectivity index (χ3v) is 4.48. The number of nitrogens with zero attached hydrogens (tertiary/aromatic N) is 1. The highest BCUT2D eigenvalue weighted by molar-refractivity contribution is 5.33. The molecule has 2 rings (SSSR count). The Morgan fingerprint density at radius 1 is 1.33 bits per heavy atom. The predicted molar refractivity (Wildman–Crippen MR) is 86.0 cm³/mol. The molecular formula is C17H28N2O2. The van der Waals surface area contributed by atoms with Gasteiger partial charge in [0.1, 0.15) is 5.75 Å². The number of ether oxygens (including phenoxy) is 2. The van der Waals surface area contributed by atoms with Gasteiger partial charge in [0.25, 0.3) is 0 Å². The minimum Gasteiger partial charge on any atom is -0.496 e. The Hall–Kier alpha value is -1.10. The van der Waals surface area contributed by atoms with Crippen LogP contribution in [0.1, 0.15) is 18.9 Å². The number of nitrogens with one attached hydrogen (secondary N) is 1. The van der Waals surface area contributed by atoms with Crippen LogP contribution in [0.25, 0.3) is 0 Å². The SMILES string of the molecule is COc1ccccc1CC(C)N(C)CC1CC(OC)CN1. The van der Waals surface area contributed by atoms with E-state index in [0.29, 0.717) is 18.2 Å². The van der Waals surface area contributed by atoms with Crippen molar-refractivity contribution in [2.75, 3.05) is 34.4 Å². The fourth-order valence-electron chi connectivity index (χ4n) is 2.97. The van der Waals surface area contributed by atoms with Crippen LogP contribution in [0.4, 0.5) is 0 Å². The number of methoxy groups -OCH3 is 2. The molecule has 1 saturated heterocycles. The molecule has 1 heterocycles. The molecule has 1 aliphatic heterocycles. The molecule has 3 atom stereocenters. The van der Waals surface area contributed by atoms with E-state index < -0.39 is 0 Å². The minimum absolute atomic E-state index is 0.368. The van der Waals surface area contributed by atoms with Crippen molar-refractivity contribution < 1.29 is 9.47 Å². The number of rotatable bonds is 7. The van der Waals surface area contributed by atoms with E-state index in [1.54, 1.807) is 14.2 Å². The Labute approximate surface area is 128 Å². The van der Waals surface area contributed by atoms with Gasteiger partial charge in [-0.15, -0.1) is 0 Å². The van der Waals surface area contributed by atoms with Gasteiger partial charge >= 0.3 is 0 Å². The van der Waals surface area contributed by atoms with Crippen LogP contribution < -0.4 is 10.1 Å². The van der Waals surface area contributed by atoms with E-state index in [0.717, 1.165) is 31.7 Å². The molecule has 0 aromatic heterocycles. The first kappa shape index (κ1) is 16.3. The summed E-state index contributed by atoms with van der Waals surface area (Å²) in [4.78, 5) is 2.42. The van der Waals surface area contributed by atoms with Crippen molar-refractivity contribution in [1.29, 1.82) is 0 Å². The average Bonchev–Trinajstić information content (AvgIpc) is 2.95. The van der Waals surface area contributed by atoms with Crippen molar-refractivity contribution in [2.24, 2.45) is 0 Å². The standard InChI is InChI=1S/C17H28N2O2/c1-13(9-14-7-5-6-8-17(14)21-4)19(2)12-15-10-16(20-3)11-18-15/h5-8,13,15-16,18H,9-12H2,1-4H3. The van der Waals surface area contributed by atoms with Gasteiger partial charge in [-0.2, -0.15) is 0 Å². The van der Waals surface area contributed by atoms with E-state index >= 15 is 0 Å². The summed E-state index contributed by atoms with van der Waals surface area (Å²) < 4.78 is 10.9. The Morgan fingerprint density at radius 2 is 2.10 bits per heavy atom. The van der Waals surface area contributed by atoms with Crippen molar-refractivity contribution in [3.8, 4) is 5.75 Å². The summed E-state index contributed by atoms with van der Waals surface area (Å²) in [6, 6.07) is 9.28. The van der Waals surface area contributed by atoms with E-state index in [-0.39, 0.29) is 0 Å². The van der Waals surface area contributed by atoms with Gasteiger partial charge in [0.05, 0.1) is 13.2 Å². The molecule has 1 aliphatic rings. The first-order chi connectivity index (χ1) is 10.1. The summed E-state index contributed by atoms with van der Waals surface area (Å²) in [6.45, 7) is 4.29. The van der Waals surface area contributed by atoms with Gasteiger partial charge in [-0.05, 0) is 38.4 Å². The van der Waals surface area contributed by atoms with E-state index in [4.69, 9.17) is 9.47 Å². The fourth-order valence-corrected chi connectivity index (χ4v) is 2.97. The number of likely N-dealkylation sites (N-methyl/N-ethyl adjacent to an activating group) is 1. The van der Waals surface area contributed by atoms with Crippen molar-refractivity contribution in [3.05, 3.63) is 29.8 Å². The highest BCUT2D eigenvalue weighted by Gasteiger charge is 2.25. The fraction of sp³-hybridized carbons (Fsp3) is 0.647. The van der Waals surface area contributed by atoms with Crippen molar-refractivity contribution in [3.63, 3.8) is 0 Å². The zero-order chi connectivity index (χ0) is 15.2. The normalized spacial score (nSPS) is 23.5. The largest absolute Gasteiger partial charge is 0.496 e. The minimum atomic E-state index is 0.368. The van der Waals surface area contributed by atoms with Crippen molar-refractivity contribution >= 4 is 0 Å². The van der Waals surface area contributed by atoms with Gasteiger partial charge < -0.3 is 19.7 Å². The van der Waals surface area contributed by atoms with Gasteiger partial charge in [-0.3, -0.25) is 0 Å². The number of benzene rings is 1. The second kappa shape index (κ2) is 7.78. The molecule has 21 heavy (non-hydrogen) atoms. The molecule has 1 aromatic carbocycles. The van der Waals surface area contributed by atoms with Crippen molar-refractivity contribution in [2.45, 2.75) is 38.0 Å². The van der Waals surface area contributed by atoms with Gasteiger partial charge in [0, 0.05) is 32.3 Å². The van der Waals surface area contributed by atoms with Crippen LogP contribution in [0.15, 0.2) is 24.3 Å². The van der Waals surface area contributed by atoms with Gasteiger partial charge in [0.2, 0.25) is 0 Å². The Kier molecular flexibility index (Phi) is 6.03. The van der Waals surface area contributed by atoms with E-state index in [2.05, 4.69) is 36.3 Å². The molecule has 3 unspecified atom stereocenters. The molecule has 4 heteroatoms. The number of hydrogen-bond acceptors (Lipinski definition) is 4. The van der Waals surface area contributed by atoms with Crippen LogP contribution in [0.2, 0.25) is 0 Å². The first-order valence-corrected chi connectivity index (χ1v) is 7.72. The second-order valence-corrected chi connectivity index (χ2v) is 6.00. The maximum atomic E-state index is 5.44. The molecule has 1 N–H and O–H groups in total. The monoisotopic (exact) mass is 292 g/mol. The van der Waals surface area contributed by atoms with Crippen LogP contribution in [0.5, 0.6) is 5.75 Å². The summed E-state index contributed by atoms with van der Waals surface area (Å²) in [5.74, 6) is 0.983. The maximum Gasteiger partial charge on any atom is 0.122 e. The lowest BCUT2D eigenvalue weighted by atomic mass is 10.0.